The van der Waals surface area contributed by atoms with Crippen LogP contribution in [0, 0.1) is 11.8 Å². The number of nitrogens with one attached hydrogen (secondary N) is 2. The fourth-order valence-electron chi connectivity index (χ4n) is 3.06. The predicted octanol–water partition coefficient (Wildman–Crippen LogP) is 3.48. The molecule has 1 aromatic carbocycles. The largest absolute Gasteiger partial charge is 0.493 e. The van der Waals surface area contributed by atoms with Gasteiger partial charge in [-0.05, 0) is 56.8 Å². The van der Waals surface area contributed by atoms with Gasteiger partial charge in [-0.15, -0.1) is 12.4 Å². The number of halogens is 1. The van der Waals surface area contributed by atoms with Gasteiger partial charge in [0.05, 0.1) is 13.7 Å². The molecule has 0 radical (unpaired) electrons. The van der Waals surface area contributed by atoms with E-state index < -0.39 is 0 Å². The predicted molar refractivity (Wildman–Crippen MR) is 99.4 cm³/mol. The first-order valence-corrected chi connectivity index (χ1v) is 8.45. The average Bonchev–Trinajstić information content (AvgIpc) is 2.56. The van der Waals surface area contributed by atoms with E-state index in [4.69, 9.17) is 9.47 Å². The van der Waals surface area contributed by atoms with Crippen LogP contribution in [0.4, 0.5) is 5.69 Å². The summed E-state index contributed by atoms with van der Waals surface area (Å²) < 4.78 is 10.8. The lowest BCUT2D eigenvalue weighted by Gasteiger charge is -2.28. The molecule has 1 amide bonds. The third-order valence-corrected chi connectivity index (χ3v) is 4.39. The second kappa shape index (κ2) is 10.4. The number of hydrogen-bond acceptors (Lipinski definition) is 4. The number of benzene rings is 1. The van der Waals surface area contributed by atoms with Crippen LogP contribution in [0.25, 0.3) is 0 Å². The maximum atomic E-state index is 12.3. The molecular weight excluding hydrogens is 328 g/mol. The topological polar surface area (TPSA) is 59.6 Å². The Balaban J connectivity index is 0.00000288. The zero-order chi connectivity index (χ0) is 16.7. The maximum absolute atomic E-state index is 12.3. The SMILES string of the molecule is CCOc1cc(NC(=O)CC(C)C2CCCNC2)ccc1OC.Cl. The normalized spacial score (nSPS) is 18.2. The molecule has 1 saturated heterocycles. The van der Waals surface area contributed by atoms with E-state index in [1.54, 1.807) is 7.11 Å². The number of methoxy groups -OCH3 is 1. The minimum Gasteiger partial charge on any atom is -0.493 e. The van der Waals surface area contributed by atoms with Crippen LogP contribution in [0.2, 0.25) is 0 Å². The lowest BCUT2D eigenvalue weighted by molar-refractivity contribution is -0.117. The highest BCUT2D eigenvalue weighted by Crippen LogP contribution is 2.30. The molecule has 136 valence electrons. The van der Waals surface area contributed by atoms with Gasteiger partial charge in [0.25, 0.3) is 0 Å². The molecule has 2 rings (SSSR count). The monoisotopic (exact) mass is 356 g/mol. The summed E-state index contributed by atoms with van der Waals surface area (Å²) in [6.45, 7) is 6.76. The number of piperidine rings is 1. The van der Waals surface area contributed by atoms with E-state index in [0.29, 0.717) is 36.4 Å². The minimum atomic E-state index is 0. The van der Waals surface area contributed by atoms with E-state index >= 15 is 0 Å². The summed E-state index contributed by atoms with van der Waals surface area (Å²) in [5, 5.41) is 6.38. The maximum Gasteiger partial charge on any atom is 0.224 e. The van der Waals surface area contributed by atoms with Crippen LogP contribution in [-0.4, -0.2) is 32.7 Å². The molecule has 1 aliphatic rings. The molecule has 2 unspecified atom stereocenters. The molecule has 0 spiro atoms. The van der Waals surface area contributed by atoms with Crippen LogP contribution >= 0.6 is 12.4 Å². The summed E-state index contributed by atoms with van der Waals surface area (Å²) in [5.74, 6) is 2.34. The first-order valence-electron chi connectivity index (χ1n) is 8.45. The third-order valence-electron chi connectivity index (χ3n) is 4.39. The quantitative estimate of drug-likeness (QED) is 0.785. The summed E-state index contributed by atoms with van der Waals surface area (Å²) in [4.78, 5) is 12.3. The van der Waals surface area contributed by atoms with Crippen molar-refractivity contribution in [3.05, 3.63) is 18.2 Å². The molecule has 0 aromatic heterocycles. The van der Waals surface area contributed by atoms with Gasteiger partial charge in [-0.3, -0.25) is 4.79 Å². The van der Waals surface area contributed by atoms with E-state index in [1.807, 2.05) is 25.1 Å². The van der Waals surface area contributed by atoms with Crippen LogP contribution in [0.15, 0.2) is 18.2 Å². The van der Waals surface area contributed by atoms with Crippen LogP contribution in [0.1, 0.15) is 33.1 Å². The molecular formula is C18H29ClN2O3. The Labute approximate surface area is 150 Å². The molecule has 0 aliphatic carbocycles. The molecule has 0 saturated carbocycles. The van der Waals surface area contributed by atoms with Crippen molar-refractivity contribution in [3.8, 4) is 11.5 Å². The van der Waals surface area contributed by atoms with Gasteiger partial charge in [0.15, 0.2) is 11.5 Å². The van der Waals surface area contributed by atoms with Gasteiger partial charge in [-0.2, -0.15) is 0 Å². The fourth-order valence-corrected chi connectivity index (χ4v) is 3.06. The Kier molecular flexibility index (Phi) is 8.93. The van der Waals surface area contributed by atoms with Crippen molar-refractivity contribution in [3.63, 3.8) is 0 Å². The first-order chi connectivity index (χ1) is 11.1. The van der Waals surface area contributed by atoms with Crippen LogP contribution < -0.4 is 20.1 Å². The Morgan fingerprint density at radius 2 is 2.21 bits per heavy atom. The number of amides is 1. The zero-order valence-corrected chi connectivity index (χ0v) is 15.6. The summed E-state index contributed by atoms with van der Waals surface area (Å²) in [6, 6.07) is 5.47. The Bertz CT molecular complexity index is 519. The average molecular weight is 357 g/mol. The highest BCUT2D eigenvalue weighted by molar-refractivity contribution is 5.91. The summed E-state index contributed by atoms with van der Waals surface area (Å²) in [5.41, 5.74) is 0.744. The van der Waals surface area contributed by atoms with Crippen LogP contribution in [0.3, 0.4) is 0 Å². The Hall–Kier alpha value is -1.46. The first kappa shape index (κ1) is 20.6. The fraction of sp³-hybridized carbons (Fsp3) is 0.611. The Morgan fingerprint density at radius 3 is 2.83 bits per heavy atom. The van der Waals surface area contributed by atoms with Crippen LogP contribution in [0.5, 0.6) is 11.5 Å². The number of rotatable bonds is 7. The molecule has 1 aliphatic heterocycles. The van der Waals surface area contributed by atoms with Gasteiger partial charge >= 0.3 is 0 Å². The van der Waals surface area contributed by atoms with Gasteiger partial charge in [0, 0.05) is 18.2 Å². The summed E-state index contributed by atoms with van der Waals surface area (Å²) in [7, 11) is 1.61. The standard InChI is InChI=1S/C18H28N2O3.ClH/c1-4-23-17-11-15(7-8-16(17)22-3)20-18(21)10-13(2)14-6-5-9-19-12-14;/h7-8,11,13-14,19H,4-6,9-10,12H2,1-3H3,(H,20,21);1H. The van der Waals surface area contributed by atoms with Crippen molar-refractivity contribution < 1.29 is 14.3 Å². The molecule has 6 heteroatoms. The van der Waals surface area contributed by atoms with Crippen LogP contribution in [-0.2, 0) is 4.79 Å². The number of carbonyl (C=O) groups excluding carboxylic acids is 1. The van der Waals surface area contributed by atoms with Gasteiger partial charge in [0.2, 0.25) is 5.91 Å². The van der Waals surface area contributed by atoms with Crippen molar-refractivity contribution in [1.29, 1.82) is 0 Å². The van der Waals surface area contributed by atoms with Crippen molar-refractivity contribution in [2.75, 3.05) is 32.1 Å². The van der Waals surface area contributed by atoms with E-state index in [2.05, 4.69) is 17.6 Å². The smallest absolute Gasteiger partial charge is 0.224 e. The summed E-state index contributed by atoms with van der Waals surface area (Å²) >= 11 is 0. The number of hydrogen-bond donors (Lipinski definition) is 2. The zero-order valence-electron chi connectivity index (χ0n) is 14.8. The highest BCUT2D eigenvalue weighted by Gasteiger charge is 2.22. The van der Waals surface area contributed by atoms with Crippen molar-refractivity contribution >= 4 is 24.0 Å². The van der Waals surface area contributed by atoms with Crippen molar-refractivity contribution in [2.45, 2.75) is 33.1 Å². The van der Waals surface area contributed by atoms with Crippen molar-refractivity contribution in [2.24, 2.45) is 11.8 Å². The van der Waals surface area contributed by atoms with E-state index in [1.165, 1.54) is 12.8 Å². The number of ether oxygens (including phenoxy) is 2. The highest BCUT2D eigenvalue weighted by atomic mass is 35.5. The van der Waals surface area contributed by atoms with Crippen molar-refractivity contribution in [1.82, 2.24) is 5.32 Å². The van der Waals surface area contributed by atoms with Gasteiger partial charge in [-0.25, -0.2) is 0 Å². The number of anilines is 1. The van der Waals surface area contributed by atoms with E-state index in [0.717, 1.165) is 18.8 Å². The third kappa shape index (κ3) is 5.87. The molecule has 1 aromatic rings. The molecule has 1 fully saturated rings. The minimum absolute atomic E-state index is 0. The van der Waals surface area contributed by atoms with E-state index in [9.17, 15) is 4.79 Å². The molecule has 1 heterocycles. The summed E-state index contributed by atoms with van der Waals surface area (Å²) in [6.07, 6.45) is 2.95. The second-order valence-electron chi connectivity index (χ2n) is 6.13. The number of carbonyl (C=O) groups is 1. The molecule has 24 heavy (non-hydrogen) atoms. The molecule has 5 nitrogen and oxygen atoms in total. The lowest BCUT2D eigenvalue weighted by Crippen LogP contribution is -2.34. The molecule has 0 bridgehead atoms. The Morgan fingerprint density at radius 1 is 1.42 bits per heavy atom. The second-order valence-corrected chi connectivity index (χ2v) is 6.13. The molecule has 2 N–H and O–H groups in total. The van der Waals surface area contributed by atoms with Gasteiger partial charge in [-0.1, -0.05) is 6.92 Å². The van der Waals surface area contributed by atoms with E-state index in [-0.39, 0.29) is 18.3 Å². The van der Waals surface area contributed by atoms with Gasteiger partial charge < -0.3 is 20.1 Å². The molecule has 2 atom stereocenters. The lowest BCUT2D eigenvalue weighted by atomic mass is 9.85. The van der Waals surface area contributed by atoms with Gasteiger partial charge in [0.1, 0.15) is 0 Å².